The maximum atomic E-state index is 13.7. The average Bonchev–Trinajstić information content (AvgIpc) is 3.31. The Morgan fingerprint density at radius 2 is 1.84 bits per heavy atom. The molecule has 43 heavy (non-hydrogen) atoms. The van der Waals surface area contributed by atoms with Gasteiger partial charge in [-0.15, -0.1) is 0 Å². The summed E-state index contributed by atoms with van der Waals surface area (Å²) in [6, 6.07) is 10.4. The van der Waals surface area contributed by atoms with Gasteiger partial charge in [0.25, 0.3) is 5.91 Å². The van der Waals surface area contributed by atoms with E-state index in [4.69, 9.17) is 14.0 Å². The largest absolute Gasteiger partial charge is 0.497 e. The van der Waals surface area contributed by atoms with Gasteiger partial charge in [0, 0.05) is 30.9 Å². The third-order valence-electron chi connectivity index (χ3n) is 7.34. The fourth-order valence-corrected chi connectivity index (χ4v) is 4.70. The number of carbonyl (C=O) groups is 3. The Morgan fingerprint density at radius 1 is 1.14 bits per heavy atom. The van der Waals surface area contributed by atoms with Gasteiger partial charge in [-0.05, 0) is 63.2 Å². The summed E-state index contributed by atoms with van der Waals surface area (Å²) in [6.45, 7) is 7.36. The number of aliphatic hydroxyl groups excluding tert-OH is 1. The highest BCUT2D eigenvalue weighted by molar-refractivity contribution is 6.03. The molecule has 0 saturated heterocycles. The van der Waals surface area contributed by atoms with Crippen LogP contribution in [0.15, 0.2) is 47.0 Å². The molecule has 0 fully saturated rings. The smallest absolute Gasteiger partial charge is 0.323 e. The van der Waals surface area contributed by atoms with Crippen molar-refractivity contribution in [3.63, 3.8) is 0 Å². The predicted molar refractivity (Wildman–Crippen MR) is 161 cm³/mol. The molecule has 0 spiro atoms. The molecule has 230 valence electrons. The summed E-state index contributed by atoms with van der Waals surface area (Å²) in [7, 11) is 3.24. The number of ether oxygens (including phenoxy) is 2. The van der Waals surface area contributed by atoms with Crippen molar-refractivity contribution in [2.24, 2.45) is 5.92 Å². The number of likely N-dealkylation sites (N-methyl/N-ethyl adjacent to an activating group) is 1. The number of fused-ring (bicyclic) bond motifs is 1. The summed E-state index contributed by atoms with van der Waals surface area (Å²) in [5, 5.41) is 22.1. The molecule has 2 heterocycles. The summed E-state index contributed by atoms with van der Waals surface area (Å²) in [5.41, 5.74) is 2.19. The van der Waals surface area contributed by atoms with E-state index < -0.39 is 18.2 Å². The zero-order valence-electron chi connectivity index (χ0n) is 25.1. The standard InChI is InChI=1S/C30H38N6O7/c1-17-14-36(18(2)16-37)28(38)24-13-22(31-29(39)33-27-19(3)34-43-20(27)4)9-12-25(24)42-26(17)15-35(5)30(40)32-21-7-10-23(41-6)11-8-21/h7-13,17-18,26,37H,14-16H2,1-6H3,(H,32,40)(H2,31,33,39)/t17-,18+,26-/m1/s1. The Hall–Kier alpha value is -4.78. The zero-order chi connectivity index (χ0) is 31.3. The van der Waals surface area contributed by atoms with Crippen LogP contribution in [0.4, 0.5) is 26.7 Å². The number of nitrogens with one attached hydrogen (secondary N) is 3. The fraction of sp³-hybridized carbons (Fsp3) is 0.400. The highest BCUT2D eigenvalue weighted by atomic mass is 16.5. The van der Waals surface area contributed by atoms with E-state index in [0.717, 1.165) is 0 Å². The molecule has 3 atom stereocenters. The molecular formula is C30H38N6O7. The minimum absolute atomic E-state index is 0.194. The van der Waals surface area contributed by atoms with Crippen molar-refractivity contribution < 1.29 is 33.5 Å². The molecule has 4 N–H and O–H groups in total. The lowest BCUT2D eigenvalue weighted by Gasteiger charge is -2.38. The number of methoxy groups -OCH3 is 1. The van der Waals surface area contributed by atoms with E-state index in [2.05, 4.69) is 21.1 Å². The number of aliphatic hydroxyl groups is 1. The number of aryl methyl sites for hydroxylation is 2. The molecule has 13 nitrogen and oxygen atoms in total. The first kappa shape index (κ1) is 31.2. The van der Waals surface area contributed by atoms with Gasteiger partial charge in [-0.25, -0.2) is 9.59 Å². The summed E-state index contributed by atoms with van der Waals surface area (Å²) in [4.78, 5) is 42.5. The molecule has 0 radical (unpaired) electrons. The molecule has 1 aliphatic rings. The molecule has 2 aromatic carbocycles. The van der Waals surface area contributed by atoms with Crippen LogP contribution in [-0.2, 0) is 0 Å². The SMILES string of the molecule is COc1ccc(NC(=O)N(C)C[C@H]2Oc3ccc(NC(=O)Nc4c(C)noc4C)cc3C(=O)N([C@@H](C)CO)C[C@H]2C)cc1. The normalized spacial score (nSPS) is 17.1. The average molecular weight is 595 g/mol. The summed E-state index contributed by atoms with van der Waals surface area (Å²) in [5.74, 6) is 0.906. The number of hydrogen-bond acceptors (Lipinski definition) is 8. The zero-order valence-corrected chi connectivity index (χ0v) is 25.1. The van der Waals surface area contributed by atoms with Gasteiger partial charge in [-0.3, -0.25) is 4.79 Å². The Kier molecular flexibility index (Phi) is 9.76. The van der Waals surface area contributed by atoms with Crippen LogP contribution in [0.5, 0.6) is 11.5 Å². The van der Waals surface area contributed by atoms with E-state index >= 15 is 0 Å². The van der Waals surface area contributed by atoms with Crippen LogP contribution in [0, 0.1) is 19.8 Å². The van der Waals surface area contributed by atoms with Gasteiger partial charge in [0.2, 0.25) is 0 Å². The summed E-state index contributed by atoms with van der Waals surface area (Å²) < 4.78 is 16.6. The lowest BCUT2D eigenvalue weighted by molar-refractivity contribution is 0.0371. The van der Waals surface area contributed by atoms with Gasteiger partial charge >= 0.3 is 12.1 Å². The molecule has 0 aliphatic carbocycles. The minimum Gasteiger partial charge on any atom is -0.497 e. The number of anilines is 3. The van der Waals surface area contributed by atoms with E-state index in [1.165, 1.54) is 11.0 Å². The van der Waals surface area contributed by atoms with Gasteiger partial charge in [0.15, 0.2) is 5.76 Å². The Balaban J connectivity index is 1.54. The quantitative estimate of drug-likeness (QED) is 0.300. The van der Waals surface area contributed by atoms with Crippen molar-refractivity contribution >= 4 is 35.0 Å². The van der Waals surface area contributed by atoms with Crippen molar-refractivity contribution in [3.8, 4) is 11.5 Å². The van der Waals surface area contributed by atoms with Crippen LogP contribution in [-0.4, -0.2) is 84.0 Å². The monoisotopic (exact) mass is 594 g/mol. The van der Waals surface area contributed by atoms with E-state index in [0.29, 0.717) is 40.0 Å². The molecular weight excluding hydrogens is 556 g/mol. The maximum absolute atomic E-state index is 13.7. The molecule has 0 unspecified atom stereocenters. The second kappa shape index (κ2) is 13.5. The maximum Gasteiger partial charge on any atom is 0.323 e. The molecule has 3 aromatic rings. The second-order valence-corrected chi connectivity index (χ2v) is 10.7. The first-order valence-electron chi connectivity index (χ1n) is 13.9. The molecule has 13 heteroatoms. The number of urea groups is 2. The molecule has 0 saturated carbocycles. The van der Waals surface area contributed by atoms with Crippen LogP contribution in [0.25, 0.3) is 0 Å². The number of carbonyl (C=O) groups excluding carboxylic acids is 3. The van der Waals surface area contributed by atoms with Crippen molar-refractivity contribution in [2.45, 2.75) is 39.8 Å². The van der Waals surface area contributed by atoms with Crippen molar-refractivity contribution in [1.82, 2.24) is 15.0 Å². The Labute approximate surface area is 250 Å². The van der Waals surface area contributed by atoms with Crippen LogP contribution in [0.3, 0.4) is 0 Å². The van der Waals surface area contributed by atoms with Gasteiger partial charge in [0.1, 0.15) is 29.0 Å². The van der Waals surface area contributed by atoms with Crippen molar-refractivity contribution in [1.29, 1.82) is 0 Å². The third-order valence-corrected chi connectivity index (χ3v) is 7.34. The number of benzene rings is 2. The highest BCUT2D eigenvalue weighted by Crippen LogP contribution is 2.31. The Morgan fingerprint density at radius 3 is 2.47 bits per heavy atom. The summed E-state index contributed by atoms with van der Waals surface area (Å²) in [6.07, 6.45) is -0.492. The number of aromatic nitrogens is 1. The van der Waals surface area contributed by atoms with Gasteiger partial charge < -0.3 is 44.9 Å². The van der Waals surface area contributed by atoms with E-state index in [-0.39, 0.29) is 43.1 Å². The topological polar surface area (TPSA) is 158 Å². The van der Waals surface area contributed by atoms with E-state index in [1.54, 1.807) is 76.2 Å². The minimum atomic E-state index is -0.537. The number of hydrogen-bond donors (Lipinski definition) is 4. The highest BCUT2D eigenvalue weighted by Gasteiger charge is 2.34. The Bertz CT molecular complexity index is 1440. The second-order valence-electron chi connectivity index (χ2n) is 10.7. The predicted octanol–water partition coefficient (Wildman–Crippen LogP) is 4.33. The number of amides is 5. The van der Waals surface area contributed by atoms with Gasteiger partial charge in [0.05, 0.1) is 31.9 Å². The van der Waals surface area contributed by atoms with E-state index in [1.807, 2.05) is 6.92 Å². The summed E-state index contributed by atoms with van der Waals surface area (Å²) >= 11 is 0. The fourth-order valence-electron chi connectivity index (χ4n) is 4.70. The number of rotatable bonds is 8. The van der Waals surface area contributed by atoms with Gasteiger partial charge in [-0.1, -0.05) is 12.1 Å². The first-order valence-corrected chi connectivity index (χ1v) is 13.9. The molecule has 1 aromatic heterocycles. The number of nitrogens with zero attached hydrogens (tertiary/aromatic N) is 3. The van der Waals surface area contributed by atoms with Gasteiger partial charge in [-0.2, -0.15) is 0 Å². The molecule has 4 rings (SSSR count). The van der Waals surface area contributed by atoms with Crippen LogP contribution in [0.1, 0.15) is 35.7 Å². The first-order chi connectivity index (χ1) is 20.5. The molecule has 0 bridgehead atoms. The lowest BCUT2D eigenvalue weighted by atomic mass is 9.99. The lowest BCUT2D eigenvalue weighted by Crippen LogP contribution is -2.50. The molecule has 1 aliphatic heterocycles. The third kappa shape index (κ3) is 7.36. The van der Waals surface area contributed by atoms with E-state index in [9.17, 15) is 19.5 Å². The van der Waals surface area contributed by atoms with Crippen molar-refractivity contribution in [3.05, 3.63) is 59.5 Å². The van der Waals surface area contributed by atoms with Crippen molar-refractivity contribution in [2.75, 3.05) is 49.8 Å². The van der Waals surface area contributed by atoms with Crippen LogP contribution < -0.4 is 25.4 Å². The van der Waals surface area contributed by atoms with Crippen LogP contribution in [0.2, 0.25) is 0 Å². The van der Waals surface area contributed by atoms with Crippen LogP contribution >= 0.6 is 0 Å². The molecule has 5 amide bonds.